The van der Waals surface area contributed by atoms with Crippen LogP contribution in [-0.4, -0.2) is 87.2 Å². The molecule has 3 saturated heterocycles. The van der Waals surface area contributed by atoms with Crippen molar-refractivity contribution in [2.45, 2.75) is 56.9 Å². The molecule has 4 atom stereocenters. The Balaban J connectivity index is 1.36. The molecule has 2 N–H and O–H groups in total. The summed E-state index contributed by atoms with van der Waals surface area (Å²) in [6.45, 7) is 9.51. The third-order valence-electron chi connectivity index (χ3n) is 9.78. The van der Waals surface area contributed by atoms with Gasteiger partial charge in [-0.25, -0.2) is 13.2 Å². The standard InChI is InChI=1S/C33H33F3N8O2S/c1-4-24(45)43-13-18(3)44(14-17(43)2)31-22-12-39-27(20-6-7-23(35)29-25(20)21(11-37)30(38)47-29)26(36)28(22)40-32(41-31)46-16-33-8-5-9-42(33)15-19(34)10-33/h4,6-7,12,17-19H,1,5,8-10,13-16,38H2,2-3H3/t17-,18+,19-,33+/m1/s1. The fraction of sp³-hybridized carbons (Fsp3) is 0.424. The van der Waals surface area contributed by atoms with Crippen LogP contribution in [0.2, 0.25) is 0 Å². The van der Waals surface area contributed by atoms with E-state index in [1.807, 2.05) is 24.8 Å². The molecule has 6 heterocycles. The fourth-order valence-electron chi connectivity index (χ4n) is 7.48. The van der Waals surface area contributed by atoms with Crippen LogP contribution in [0.3, 0.4) is 0 Å². The highest BCUT2D eigenvalue weighted by Gasteiger charge is 2.49. The number of rotatable bonds is 6. The van der Waals surface area contributed by atoms with E-state index in [2.05, 4.69) is 21.4 Å². The maximum absolute atomic E-state index is 16.8. The highest BCUT2D eigenvalue weighted by atomic mass is 32.1. The zero-order valence-corrected chi connectivity index (χ0v) is 26.8. The number of amides is 1. The number of nitrogen functional groups attached to an aromatic ring is 1. The van der Waals surface area contributed by atoms with E-state index in [4.69, 9.17) is 15.5 Å². The smallest absolute Gasteiger partial charge is 0.319 e. The lowest BCUT2D eigenvalue weighted by Gasteiger charge is -2.44. The minimum absolute atomic E-state index is 0.0473. The van der Waals surface area contributed by atoms with Gasteiger partial charge in [0.05, 0.1) is 21.2 Å². The predicted molar refractivity (Wildman–Crippen MR) is 174 cm³/mol. The normalized spacial score (nSPS) is 24.6. The van der Waals surface area contributed by atoms with Gasteiger partial charge in [-0.2, -0.15) is 15.2 Å². The molecule has 0 saturated carbocycles. The van der Waals surface area contributed by atoms with Crippen molar-refractivity contribution in [2.24, 2.45) is 0 Å². The van der Waals surface area contributed by atoms with Crippen LogP contribution in [0.5, 0.6) is 6.01 Å². The van der Waals surface area contributed by atoms with Crippen LogP contribution in [0.25, 0.3) is 32.2 Å². The number of ether oxygens (including phenoxy) is 1. The molecule has 0 unspecified atom stereocenters. The first kappa shape index (κ1) is 31.1. The highest BCUT2D eigenvalue weighted by Crippen LogP contribution is 2.43. The molecule has 0 aliphatic carbocycles. The lowest BCUT2D eigenvalue weighted by molar-refractivity contribution is -0.128. The molecule has 0 spiro atoms. The Morgan fingerprint density at radius 3 is 2.83 bits per heavy atom. The molecule has 1 amide bonds. The van der Waals surface area contributed by atoms with Crippen LogP contribution in [-0.2, 0) is 4.79 Å². The van der Waals surface area contributed by atoms with Gasteiger partial charge in [0.25, 0.3) is 0 Å². The largest absolute Gasteiger partial charge is 0.461 e. The summed E-state index contributed by atoms with van der Waals surface area (Å²) >= 11 is 0.915. The molecule has 10 nitrogen and oxygen atoms in total. The summed E-state index contributed by atoms with van der Waals surface area (Å²) in [4.78, 5) is 32.1. The number of aromatic nitrogens is 3. The van der Waals surface area contributed by atoms with Crippen molar-refractivity contribution in [1.29, 1.82) is 5.26 Å². The number of anilines is 2. The van der Waals surface area contributed by atoms with Crippen LogP contribution in [0.1, 0.15) is 38.7 Å². The summed E-state index contributed by atoms with van der Waals surface area (Å²) in [5.74, 6) is -1.18. The first-order valence-electron chi connectivity index (χ1n) is 15.5. The number of nitrogens with two attached hydrogens (primary N) is 1. The number of fused-ring (bicyclic) bond motifs is 3. The Kier molecular flexibility index (Phi) is 7.71. The Hall–Kier alpha value is -4.48. The third-order valence-corrected chi connectivity index (χ3v) is 10.8. The quantitative estimate of drug-likeness (QED) is 0.277. The first-order valence-corrected chi connectivity index (χ1v) is 16.4. The second-order valence-corrected chi connectivity index (χ2v) is 13.7. The van der Waals surface area contributed by atoms with E-state index in [1.165, 1.54) is 24.4 Å². The average Bonchev–Trinajstić information content (AvgIpc) is 3.70. The molecule has 4 aromatic rings. The van der Waals surface area contributed by atoms with E-state index in [0.29, 0.717) is 37.3 Å². The Bertz CT molecular complexity index is 1980. The molecule has 1 aromatic carbocycles. The van der Waals surface area contributed by atoms with Gasteiger partial charge < -0.3 is 20.3 Å². The molecule has 3 fully saturated rings. The van der Waals surface area contributed by atoms with Crippen molar-refractivity contribution in [2.75, 3.05) is 43.4 Å². The number of pyridine rings is 1. The van der Waals surface area contributed by atoms with E-state index in [9.17, 15) is 18.8 Å². The van der Waals surface area contributed by atoms with Gasteiger partial charge in [-0.05, 0) is 51.4 Å². The Morgan fingerprint density at radius 1 is 1.26 bits per heavy atom. The van der Waals surface area contributed by atoms with Gasteiger partial charge in [-0.1, -0.05) is 6.58 Å². The molecule has 0 bridgehead atoms. The summed E-state index contributed by atoms with van der Waals surface area (Å²) in [6.07, 6.45) is 3.84. The van der Waals surface area contributed by atoms with Crippen molar-refractivity contribution in [1.82, 2.24) is 24.8 Å². The minimum atomic E-state index is -0.952. The monoisotopic (exact) mass is 662 g/mol. The molecular formula is C33H33F3N8O2S. The van der Waals surface area contributed by atoms with Crippen molar-refractivity contribution < 1.29 is 22.7 Å². The number of carbonyl (C=O) groups is 1. The van der Waals surface area contributed by atoms with Gasteiger partial charge in [-0.3, -0.25) is 14.7 Å². The fourth-order valence-corrected chi connectivity index (χ4v) is 8.43. The molecule has 3 aliphatic heterocycles. The molecule has 47 heavy (non-hydrogen) atoms. The molecule has 244 valence electrons. The number of nitrogens with zero attached hydrogens (tertiary/aromatic N) is 7. The molecule has 3 aromatic heterocycles. The van der Waals surface area contributed by atoms with Gasteiger partial charge in [0.15, 0.2) is 5.82 Å². The van der Waals surface area contributed by atoms with E-state index in [-0.39, 0.29) is 68.0 Å². The second-order valence-electron chi connectivity index (χ2n) is 12.7. The third kappa shape index (κ3) is 5.03. The van der Waals surface area contributed by atoms with Crippen molar-refractivity contribution in [3.05, 3.63) is 48.2 Å². The number of halogens is 3. The van der Waals surface area contributed by atoms with Gasteiger partial charge in [0.1, 0.15) is 46.7 Å². The Labute approximate surface area is 273 Å². The summed E-state index contributed by atoms with van der Waals surface area (Å²) in [7, 11) is 0. The van der Waals surface area contributed by atoms with E-state index in [1.54, 1.807) is 4.90 Å². The average molecular weight is 663 g/mol. The number of hydrogen-bond acceptors (Lipinski definition) is 10. The van der Waals surface area contributed by atoms with Crippen LogP contribution < -0.4 is 15.4 Å². The lowest BCUT2D eigenvalue weighted by atomic mass is 9.95. The summed E-state index contributed by atoms with van der Waals surface area (Å²) in [6, 6.07) is 4.08. The maximum Gasteiger partial charge on any atom is 0.319 e. The number of piperazine rings is 1. The molecule has 0 radical (unpaired) electrons. The van der Waals surface area contributed by atoms with Crippen LogP contribution in [0, 0.1) is 23.0 Å². The second kappa shape index (κ2) is 11.6. The Morgan fingerprint density at radius 2 is 2.06 bits per heavy atom. The zero-order valence-electron chi connectivity index (χ0n) is 26.0. The van der Waals surface area contributed by atoms with Crippen molar-refractivity contribution >= 4 is 49.1 Å². The topological polar surface area (TPSA) is 125 Å². The van der Waals surface area contributed by atoms with Crippen molar-refractivity contribution in [3.8, 4) is 23.3 Å². The van der Waals surface area contributed by atoms with E-state index < -0.39 is 23.3 Å². The molecule has 7 rings (SSSR count). The zero-order chi connectivity index (χ0) is 33.2. The van der Waals surface area contributed by atoms with E-state index >= 15 is 4.39 Å². The number of carbonyl (C=O) groups excluding carboxylic acids is 1. The highest BCUT2D eigenvalue weighted by molar-refractivity contribution is 7.23. The number of hydrogen-bond donors (Lipinski definition) is 1. The number of benzene rings is 1. The molecular weight excluding hydrogens is 629 g/mol. The SMILES string of the molecule is C=CC(=O)N1C[C@H](C)N(c2nc(OC[C@@]34CCCN3C[C@H](F)C4)nc3c(F)c(-c4ccc(F)c5sc(N)c(C#N)c45)ncc23)C[C@H]1C. The first-order chi connectivity index (χ1) is 22.5. The lowest BCUT2D eigenvalue weighted by Crippen LogP contribution is -2.58. The number of alkyl halides is 1. The van der Waals surface area contributed by atoms with Crippen LogP contribution in [0.15, 0.2) is 31.0 Å². The number of nitriles is 1. The minimum Gasteiger partial charge on any atom is -0.461 e. The van der Waals surface area contributed by atoms with Gasteiger partial charge in [0, 0.05) is 55.3 Å². The summed E-state index contributed by atoms with van der Waals surface area (Å²) in [5.41, 5.74) is 5.60. The molecule has 14 heteroatoms. The number of thiophene rings is 1. The predicted octanol–water partition coefficient (Wildman–Crippen LogP) is 5.21. The van der Waals surface area contributed by atoms with Crippen LogP contribution >= 0.6 is 11.3 Å². The van der Waals surface area contributed by atoms with Gasteiger partial charge >= 0.3 is 6.01 Å². The molecule has 3 aliphatic rings. The van der Waals surface area contributed by atoms with Crippen LogP contribution in [0.4, 0.5) is 24.0 Å². The summed E-state index contributed by atoms with van der Waals surface area (Å²) in [5, 5.41) is 10.4. The van der Waals surface area contributed by atoms with Gasteiger partial charge in [0.2, 0.25) is 5.91 Å². The summed E-state index contributed by atoms with van der Waals surface area (Å²) < 4.78 is 52.4. The maximum atomic E-state index is 16.8. The van der Waals surface area contributed by atoms with Gasteiger partial charge in [-0.15, -0.1) is 11.3 Å². The van der Waals surface area contributed by atoms with Crippen molar-refractivity contribution in [3.63, 3.8) is 0 Å². The van der Waals surface area contributed by atoms with E-state index in [0.717, 1.165) is 30.7 Å².